The molecule has 0 aliphatic heterocycles. The van der Waals surface area contributed by atoms with E-state index < -0.39 is 0 Å². The molecule has 13 heavy (non-hydrogen) atoms. The van der Waals surface area contributed by atoms with E-state index in [4.69, 9.17) is 0 Å². The van der Waals surface area contributed by atoms with Gasteiger partial charge < -0.3 is 5.11 Å². The van der Waals surface area contributed by atoms with Crippen LogP contribution in [0.3, 0.4) is 0 Å². The van der Waals surface area contributed by atoms with Crippen molar-refractivity contribution in [2.45, 2.75) is 24.1 Å². The molecule has 2 heteroatoms. The summed E-state index contributed by atoms with van der Waals surface area (Å²) in [7, 11) is 0. The van der Waals surface area contributed by atoms with Crippen molar-refractivity contribution in [3.05, 3.63) is 23.5 Å². The van der Waals surface area contributed by atoms with E-state index in [1.54, 1.807) is 5.57 Å². The quantitative estimate of drug-likeness (QED) is 0.510. The first-order chi connectivity index (χ1) is 6.29. The molecular weight excluding hydrogens is 228 g/mol. The summed E-state index contributed by atoms with van der Waals surface area (Å²) >= 11 is 3.74. The van der Waals surface area contributed by atoms with Crippen LogP contribution in [0.25, 0.3) is 0 Å². The Balaban J connectivity index is 2.00. The SMILES string of the molecule is OC1=CCC=C2[C@H]3[C@H](CC[C@@H]13)[C@H]2Br. The van der Waals surface area contributed by atoms with Crippen molar-refractivity contribution in [1.29, 1.82) is 0 Å². The van der Waals surface area contributed by atoms with E-state index in [-0.39, 0.29) is 0 Å². The first-order valence-corrected chi connectivity index (χ1v) is 5.93. The van der Waals surface area contributed by atoms with Crippen molar-refractivity contribution >= 4 is 15.9 Å². The molecule has 1 nitrogen and oxygen atoms in total. The Morgan fingerprint density at radius 3 is 3.00 bits per heavy atom. The summed E-state index contributed by atoms with van der Waals surface area (Å²) in [6, 6.07) is 0. The average molecular weight is 241 g/mol. The molecule has 3 rings (SSSR count). The standard InChI is InChI=1S/C11H13BrO/c12-11-7-2-1-3-9(13)6-4-5-8(11)10(6)7/h2-3,6,8,10-11,13H,1,4-5H2/t6-,8-,10-,11-/m0/s1. The molecule has 2 fully saturated rings. The van der Waals surface area contributed by atoms with Crippen molar-refractivity contribution in [3.63, 3.8) is 0 Å². The smallest absolute Gasteiger partial charge is 0.0922 e. The number of allylic oxidation sites excluding steroid dienone is 4. The molecule has 2 saturated carbocycles. The van der Waals surface area contributed by atoms with Gasteiger partial charge in [0.05, 0.1) is 5.76 Å². The van der Waals surface area contributed by atoms with Crippen LogP contribution in [0.2, 0.25) is 0 Å². The van der Waals surface area contributed by atoms with Crippen molar-refractivity contribution < 1.29 is 5.11 Å². The van der Waals surface area contributed by atoms with Gasteiger partial charge in [-0.25, -0.2) is 0 Å². The van der Waals surface area contributed by atoms with Gasteiger partial charge in [0.2, 0.25) is 0 Å². The molecule has 1 N–H and O–H groups in total. The first-order valence-electron chi connectivity index (χ1n) is 5.02. The molecule has 0 aromatic rings. The highest BCUT2D eigenvalue weighted by Crippen LogP contribution is 2.59. The van der Waals surface area contributed by atoms with Gasteiger partial charge in [-0.05, 0) is 37.2 Å². The minimum atomic E-state index is 0.451. The Morgan fingerprint density at radius 1 is 1.31 bits per heavy atom. The number of rotatable bonds is 0. The topological polar surface area (TPSA) is 20.2 Å². The summed E-state index contributed by atoms with van der Waals surface area (Å²) in [4.78, 5) is 0.613. The lowest BCUT2D eigenvalue weighted by Crippen LogP contribution is -2.39. The van der Waals surface area contributed by atoms with E-state index in [0.717, 1.165) is 12.3 Å². The normalized spacial score (nSPS) is 47.2. The molecule has 3 aliphatic rings. The van der Waals surface area contributed by atoms with Crippen LogP contribution in [0.4, 0.5) is 0 Å². The largest absolute Gasteiger partial charge is 0.512 e. The van der Waals surface area contributed by atoms with Gasteiger partial charge in [0.25, 0.3) is 0 Å². The van der Waals surface area contributed by atoms with Gasteiger partial charge in [0, 0.05) is 10.7 Å². The van der Waals surface area contributed by atoms with Gasteiger partial charge in [-0.3, -0.25) is 0 Å². The molecular formula is C11H13BrO. The number of alkyl halides is 1. The third kappa shape index (κ3) is 0.927. The maximum atomic E-state index is 9.80. The van der Waals surface area contributed by atoms with E-state index in [0.29, 0.717) is 22.4 Å². The molecule has 0 saturated heterocycles. The molecule has 0 amide bonds. The number of halogens is 1. The Morgan fingerprint density at radius 2 is 2.15 bits per heavy atom. The average Bonchev–Trinajstić information content (AvgIpc) is 2.46. The summed E-state index contributed by atoms with van der Waals surface area (Å²) in [6.07, 6.45) is 7.65. The molecule has 3 aliphatic carbocycles. The van der Waals surface area contributed by atoms with Gasteiger partial charge in [0.15, 0.2) is 0 Å². The minimum Gasteiger partial charge on any atom is -0.512 e. The predicted octanol–water partition coefficient (Wildman–Crippen LogP) is 3.18. The molecule has 0 spiro atoms. The van der Waals surface area contributed by atoms with Crippen LogP contribution in [-0.2, 0) is 0 Å². The highest BCUT2D eigenvalue weighted by atomic mass is 79.9. The molecule has 0 unspecified atom stereocenters. The van der Waals surface area contributed by atoms with Gasteiger partial charge in [0.1, 0.15) is 0 Å². The van der Waals surface area contributed by atoms with Crippen LogP contribution < -0.4 is 0 Å². The maximum Gasteiger partial charge on any atom is 0.0922 e. The molecule has 70 valence electrons. The van der Waals surface area contributed by atoms with E-state index in [1.807, 2.05) is 6.08 Å². The summed E-state index contributed by atoms with van der Waals surface area (Å²) in [6.45, 7) is 0. The Kier molecular flexibility index (Phi) is 1.64. The lowest BCUT2D eigenvalue weighted by molar-refractivity contribution is 0.245. The van der Waals surface area contributed by atoms with E-state index in [9.17, 15) is 5.11 Å². The summed E-state index contributed by atoms with van der Waals surface area (Å²) < 4.78 is 0. The molecule has 4 atom stereocenters. The lowest BCUT2D eigenvalue weighted by Gasteiger charge is -2.42. The number of aliphatic hydroxyl groups excluding tert-OH is 1. The first kappa shape index (κ1) is 8.10. The maximum absolute atomic E-state index is 9.80. The van der Waals surface area contributed by atoms with Crippen LogP contribution in [0.1, 0.15) is 19.3 Å². The van der Waals surface area contributed by atoms with Crippen LogP contribution in [0, 0.1) is 17.8 Å². The molecule has 0 radical (unpaired) electrons. The van der Waals surface area contributed by atoms with Crippen LogP contribution in [0.5, 0.6) is 0 Å². The van der Waals surface area contributed by atoms with Gasteiger partial charge in [-0.1, -0.05) is 27.6 Å². The second-order valence-electron chi connectivity index (χ2n) is 4.34. The second kappa shape index (κ2) is 2.63. The van der Waals surface area contributed by atoms with E-state index in [2.05, 4.69) is 22.0 Å². The highest BCUT2D eigenvalue weighted by Gasteiger charge is 2.53. The van der Waals surface area contributed by atoms with Crippen LogP contribution in [-0.4, -0.2) is 9.93 Å². The molecule has 0 aromatic heterocycles. The fourth-order valence-corrected chi connectivity index (χ4v) is 4.28. The highest BCUT2D eigenvalue weighted by molar-refractivity contribution is 9.09. The second-order valence-corrected chi connectivity index (χ2v) is 5.33. The zero-order valence-corrected chi connectivity index (χ0v) is 9.00. The van der Waals surface area contributed by atoms with E-state index >= 15 is 0 Å². The number of hydrogen-bond donors (Lipinski definition) is 1. The van der Waals surface area contributed by atoms with Gasteiger partial charge >= 0.3 is 0 Å². The minimum absolute atomic E-state index is 0.451. The Hall–Kier alpha value is -0.240. The van der Waals surface area contributed by atoms with Crippen LogP contribution >= 0.6 is 15.9 Å². The van der Waals surface area contributed by atoms with Crippen molar-refractivity contribution in [2.24, 2.45) is 17.8 Å². The fourth-order valence-electron chi connectivity index (χ4n) is 3.20. The number of hydrogen-bond acceptors (Lipinski definition) is 1. The zero-order valence-electron chi connectivity index (χ0n) is 7.41. The fraction of sp³-hybridized carbons (Fsp3) is 0.636. The third-order valence-electron chi connectivity index (χ3n) is 3.85. The zero-order chi connectivity index (χ0) is 9.00. The monoisotopic (exact) mass is 240 g/mol. The van der Waals surface area contributed by atoms with Gasteiger partial charge in [-0.15, -0.1) is 0 Å². The summed E-state index contributed by atoms with van der Waals surface area (Å²) in [5.74, 6) is 2.57. The number of aliphatic hydroxyl groups is 1. The van der Waals surface area contributed by atoms with E-state index in [1.165, 1.54) is 12.8 Å². The molecule has 0 aromatic carbocycles. The lowest BCUT2D eigenvalue weighted by atomic mass is 9.68. The third-order valence-corrected chi connectivity index (χ3v) is 5.05. The van der Waals surface area contributed by atoms with Gasteiger partial charge in [-0.2, -0.15) is 0 Å². The Labute approximate surface area is 86.7 Å². The van der Waals surface area contributed by atoms with Crippen molar-refractivity contribution in [2.75, 3.05) is 0 Å². The molecule has 0 heterocycles. The summed E-state index contributed by atoms with van der Waals surface area (Å²) in [5.41, 5.74) is 1.55. The molecule has 0 bridgehead atoms. The predicted molar refractivity (Wildman–Crippen MR) is 55.8 cm³/mol. The van der Waals surface area contributed by atoms with Crippen LogP contribution in [0.15, 0.2) is 23.5 Å². The summed E-state index contributed by atoms with van der Waals surface area (Å²) in [5, 5.41) is 9.80. The Bertz CT molecular complexity index is 305. The van der Waals surface area contributed by atoms with Crippen molar-refractivity contribution in [3.8, 4) is 0 Å². The van der Waals surface area contributed by atoms with Crippen molar-refractivity contribution in [1.82, 2.24) is 0 Å².